The molecule has 0 atom stereocenters. The molecule has 276 valence electrons. The molecule has 0 fully saturated rings. The molecule has 1 aliphatic carbocycles. The van der Waals surface area contributed by atoms with Crippen molar-refractivity contribution in [3.8, 4) is 22.3 Å². The van der Waals surface area contributed by atoms with E-state index in [2.05, 4.69) is 211 Å². The minimum atomic E-state index is 0.448. The van der Waals surface area contributed by atoms with Crippen LogP contribution in [0.5, 0.6) is 0 Å². The average Bonchev–Trinajstić information content (AvgIpc) is 3.19. The van der Waals surface area contributed by atoms with Gasteiger partial charge in [0.2, 0.25) is 0 Å². The molecule has 1 aliphatic rings. The van der Waals surface area contributed by atoms with Gasteiger partial charge < -0.3 is 9.80 Å². The van der Waals surface area contributed by atoms with Gasteiger partial charge in [-0.25, -0.2) is 0 Å². The molecule has 0 heterocycles. The van der Waals surface area contributed by atoms with Gasteiger partial charge in [0.05, 0.1) is 0 Å². The molecule has 9 rings (SSSR count). The van der Waals surface area contributed by atoms with E-state index in [0.717, 1.165) is 0 Å². The van der Waals surface area contributed by atoms with Crippen LogP contribution in [0.25, 0.3) is 43.8 Å². The molecule has 0 aliphatic heterocycles. The molecule has 0 unspecified atom stereocenters. The third-order valence-corrected chi connectivity index (χ3v) is 12.0. The van der Waals surface area contributed by atoms with Gasteiger partial charge in [0.15, 0.2) is 0 Å². The maximum absolute atomic E-state index is 2.45. The van der Waals surface area contributed by atoms with E-state index in [1.54, 1.807) is 0 Å². The van der Waals surface area contributed by atoms with Crippen molar-refractivity contribution in [1.82, 2.24) is 0 Å². The summed E-state index contributed by atoms with van der Waals surface area (Å²) in [7, 11) is 0. The van der Waals surface area contributed by atoms with Crippen LogP contribution < -0.4 is 9.80 Å². The monoisotopic (exact) mass is 726 g/mol. The lowest BCUT2D eigenvalue weighted by Crippen LogP contribution is -2.13. The van der Waals surface area contributed by atoms with E-state index in [-0.39, 0.29) is 0 Å². The number of para-hydroxylation sites is 2. The van der Waals surface area contributed by atoms with Gasteiger partial charge in [-0.2, -0.15) is 0 Å². The number of anilines is 6. The molecule has 0 spiro atoms. The third kappa shape index (κ3) is 6.05. The van der Waals surface area contributed by atoms with Gasteiger partial charge in [-0.1, -0.05) is 100 Å². The Kier molecular flexibility index (Phi) is 8.81. The predicted octanol–water partition coefficient (Wildman–Crippen LogP) is 16.1. The fraction of sp³-hybridized carbons (Fsp3) is 0.185. The van der Waals surface area contributed by atoms with Crippen LogP contribution in [0.3, 0.4) is 0 Å². The van der Waals surface area contributed by atoms with Gasteiger partial charge >= 0.3 is 0 Å². The number of rotatable bonds is 8. The second-order valence-corrected chi connectivity index (χ2v) is 16.5. The molecule has 0 amide bonds. The summed E-state index contributed by atoms with van der Waals surface area (Å²) in [5.41, 5.74) is 20.3. The van der Waals surface area contributed by atoms with Crippen molar-refractivity contribution < 1.29 is 0 Å². The van der Waals surface area contributed by atoms with Crippen LogP contribution in [0.2, 0.25) is 0 Å². The van der Waals surface area contributed by atoms with E-state index in [9.17, 15) is 0 Å². The van der Waals surface area contributed by atoms with Crippen LogP contribution in [0.4, 0.5) is 34.1 Å². The first-order valence-electron chi connectivity index (χ1n) is 20.1. The van der Waals surface area contributed by atoms with Crippen LogP contribution in [-0.2, 0) is 0 Å². The number of hydrogen-bond acceptors (Lipinski definition) is 2. The quantitative estimate of drug-likeness (QED) is 0.154. The zero-order valence-corrected chi connectivity index (χ0v) is 33.9. The first-order valence-corrected chi connectivity index (χ1v) is 20.1. The Morgan fingerprint density at radius 3 is 1.05 bits per heavy atom. The zero-order valence-electron chi connectivity index (χ0n) is 33.9. The number of benzene rings is 8. The standard InChI is InChI=1S/C54H50N2/c1-33(2)39-19-17-37(7)53(31-39)55(51-15-11-9-13-35(51)5)45-23-21-41-27-47-49(29-43(41)25-45)48-28-42-22-24-46(26-44(42)30-50(47)48)56(52-16-12-10-14-36(52)6)54-32-40(34(3)4)20-18-38(54)8/h9-34H,1-8H3. The molecule has 56 heavy (non-hydrogen) atoms. The van der Waals surface area contributed by atoms with Crippen molar-refractivity contribution in [2.24, 2.45) is 0 Å². The maximum atomic E-state index is 2.45. The van der Waals surface area contributed by atoms with Gasteiger partial charge in [-0.3, -0.25) is 0 Å². The molecule has 0 bridgehead atoms. The van der Waals surface area contributed by atoms with Crippen molar-refractivity contribution in [2.75, 3.05) is 9.80 Å². The van der Waals surface area contributed by atoms with Crippen LogP contribution >= 0.6 is 0 Å². The molecule has 8 aromatic carbocycles. The second kappa shape index (κ2) is 13.9. The Bertz CT molecular complexity index is 2610. The summed E-state index contributed by atoms with van der Waals surface area (Å²) >= 11 is 0. The van der Waals surface area contributed by atoms with E-state index in [0.29, 0.717) is 11.8 Å². The minimum absolute atomic E-state index is 0.448. The summed E-state index contributed by atoms with van der Waals surface area (Å²) in [4.78, 5) is 4.91. The van der Waals surface area contributed by atoms with Crippen molar-refractivity contribution in [1.29, 1.82) is 0 Å². The Balaban J connectivity index is 1.13. The summed E-state index contributed by atoms with van der Waals surface area (Å²) in [6.07, 6.45) is 0. The smallest absolute Gasteiger partial charge is 0.0493 e. The van der Waals surface area contributed by atoms with E-state index < -0.39 is 0 Å². The lowest BCUT2D eigenvalue weighted by molar-refractivity contribution is 0.865. The number of aryl methyl sites for hydroxylation is 4. The molecule has 0 saturated heterocycles. The van der Waals surface area contributed by atoms with Crippen molar-refractivity contribution in [3.05, 3.63) is 179 Å². The summed E-state index contributed by atoms with van der Waals surface area (Å²) in [6, 6.07) is 54.9. The molecule has 2 nitrogen and oxygen atoms in total. The summed E-state index contributed by atoms with van der Waals surface area (Å²) < 4.78 is 0. The number of fused-ring (bicyclic) bond motifs is 6. The lowest BCUT2D eigenvalue weighted by atomic mass is 9.78. The Morgan fingerprint density at radius 2 is 0.679 bits per heavy atom. The lowest BCUT2D eigenvalue weighted by Gasteiger charge is -2.31. The normalized spacial score (nSPS) is 11.9. The van der Waals surface area contributed by atoms with E-state index in [4.69, 9.17) is 0 Å². The predicted molar refractivity (Wildman–Crippen MR) is 242 cm³/mol. The second-order valence-electron chi connectivity index (χ2n) is 16.5. The van der Waals surface area contributed by atoms with E-state index in [1.165, 1.54) is 111 Å². The van der Waals surface area contributed by atoms with Gasteiger partial charge in [-0.15, -0.1) is 0 Å². The Morgan fingerprint density at radius 1 is 0.321 bits per heavy atom. The summed E-state index contributed by atoms with van der Waals surface area (Å²) in [5, 5.41) is 5.03. The highest BCUT2D eigenvalue weighted by Crippen LogP contribution is 2.52. The van der Waals surface area contributed by atoms with E-state index in [1.807, 2.05) is 0 Å². The van der Waals surface area contributed by atoms with Gasteiger partial charge in [0.25, 0.3) is 0 Å². The SMILES string of the molecule is Cc1ccccc1N(c1ccc2cc3c(cc2c1)-c1cc2ccc(N(c4ccccc4C)c4cc(C(C)C)ccc4C)cc2cc1-3)c1cc(C(C)C)ccc1C. The number of nitrogens with zero attached hydrogens (tertiary/aromatic N) is 2. The fourth-order valence-electron chi connectivity index (χ4n) is 8.57. The first kappa shape index (κ1) is 35.6. The molecule has 2 heteroatoms. The summed E-state index contributed by atoms with van der Waals surface area (Å²) in [6.45, 7) is 18.0. The third-order valence-electron chi connectivity index (χ3n) is 12.0. The Labute approximate surface area is 332 Å². The van der Waals surface area contributed by atoms with E-state index >= 15 is 0 Å². The van der Waals surface area contributed by atoms with Crippen molar-refractivity contribution in [3.63, 3.8) is 0 Å². The van der Waals surface area contributed by atoms with Crippen LogP contribution in [0, 0.1) is 27.7 Å². The van der Waals surface area contributed by atoms with Crippen LogP contribution in [0.1, 0.15) is 72.9 Å². The highest BCUT2D eigenvalue weighted by Gasteiger charge is 2.26. The minimum Gasteiger partial charge on any atom is -0.310 e. The molecule has 0 saturated carbocycles. The number of hydrogen-bond donors (Lipinski definition) is 0. The Hall–Kier alpha value is -6.12. The van der Waals surface area contributed by atoms with Crippen molar-refractivity contribution in [2.45, 2.75) is 67.2 Å². The molecule has 0 N–H and O–H groups in total. The first-order chi connectivity index (χ1) is 27.0. The zero-order chi connectivity index (χ0) is 38.8. The molecular formula is C54H50N2. The van der Waals surface area contributed by atoms with Crippen LogP contribution in [-0.4, -0.2) is 0 Å². The fourth-order valence-corrected chi connectivity index (χ4v) is 8.57. The average molecular weight is 727 g/mol. The van der Waals surface area contributed by atoms with Crippen molar-refractivity contribution >= 4 is 55.7 Å². The van der Waals surface area contributed by atoms with Gasteiger partial charge in [-0.05, 0) is 190 Å². The molecule has 0 radical (unpaired) electrons. The van der Waals surface area contributed by atoms with Crippen LogP contribution in [0.15, 0.2) is 146 Å². The topological polar surface area (TPSA) is 6.48 Å². The largest absolute Gasteiger partial charge is 0.310 e. The highest BCUT2D eigenvalue weighted by atomic mass is 15.2. The summed E-state index contributed by atoms with van der Waals surface area (Å²) in [5.74, 6) is 0.897. The maximum Gasteiger partial charge on any atom is 0.0493 e. The molecular weight excluding hydrogens is 677 g/mol. The highest BCUT2D eigenvalue weighted by molar-refractivity contribution is 6.12. The molecule has 0 aromatic heterocycles. The van der Waals surface area contributed by atoms with Gasteiger partial charge in [0, 0.05) is 34.1 Å². The molecule has 8 aromatic rings. The van der Waals surface area contributed by atoms with Gasteiger partial charge in [0.1, 0.15) is 0 Å².